The van der Waals surface area contributed by atoms with Crippen LogP contribution in [-0.4, -0.2) is 55.0 Å². The molecule has 0 saturated heterocycles. The fourth-order valence-electron chi connectivity index (χ4n) is 3.11. The first-order valence-corrected chi connectivity index (χ1v) is 9.92. The van der Waals surface area contributed by atoms with E-state index in [1.54, 1.807) is 17.9 Å². The lowest BCUT2D eigenvalue weighted by Gasteiger charge is -2.28. The zero-order valence-electron chi connectivity index (χ0n) is 18.1. The molecule has 1 aromatic carbocycles. The highest BCUT2D eigenvalue weighted by Gasteiger charge is 2.31. The average molecular weight is 448 g/mol. The summed E-state index contributed by atoms with van der Waals surface area (Å²) in [5.74, 6) is -0.243. The molecule has 0 N–H and O–H groups in total. The number of hydrogen-bond acceptors (Lipinski definition) is 6. The molecule has 0 fully saturated rings. The fraction of sp³-hybridized carbons (Fsp3) is 0.381. The molecule has 2 heterocycles. The number of ether oxygens (including phenoxy) is 1. The van der Waals surface area contributed by atoms with Crippen molar-refractivity contribution in [3.63, 3.8) is 0 Å². The summed E-state index contributed by atoms with van der Waals surface area (Å²) in [5, 5.41) is 8.29. The summed E-state index contributed by atoms with van der Waals surface area (Å²) in [5.41, 5.74) is 1.97. The van der Waals surface area contributed by atoms with Crippen LogP contribution in [0.1, 0.15) is 40.9 Å². The molecule has 3 rings (SSSR count). The quantitative estimate of drug-likeness (QED) is 0.549. The van der Waals surface area contributed by atoms with Crippen LogP contribution in [0.25, 0.3) is 5.69 Å². The molecule has 0 aliphatic carbocycles. The van der Waals surface area contributed by atoms with Crippen LogP contribution < -0.4 is 4.74 Å². The second-order valence-corrected chi connectivity index (χ2v) is 7.28. The molecule has 0 radical (unpaired) electrons. The van der Waals surface area contributed by atoms with Crippen molar-refractivity contribution in [2.24, 2.45) is 0 Å². The zero-order valence-corrected chi connectivity index (χ0v) is 18.1. The van der Waals surface area contributed by atoms with Gasteiger partial charge in [-0.3, -0.25) is 4.79 Å². The molecule has 170 valence electrons. The molecule has 8 nitrogen and oxygen atoms in total. The van der Waals surface area contributed by atoms with Crippen molar-refractivity contribution in [3.8, 4) is 11.7 Å². The molecule has 2 aromatic heterocycles. The van der Waals surface area contributed by atoms with Gasteiger partial charge in [0.1, 0.15) is 6.61 Å². The van der Waals surface area contributed by atoms with E-state index in [1.807, 2.05) is 26.8 Å². The van der Waals surface area contributed by atoms with Crippen LogP contribution in [0.4, 0.5) is 13.2 Å². The summed E-state index contributed by atoms with van der Waals surface area (Å²) in [6, 6.07) is 3.05. The number of carbonyl (C=O) groups is 1. The molecule has 1 atom stereocenters. The number of aromatic nitrogens is 5. The van der Waals surface area contributed by atoms with Crippen molar-refractivity contribution in [1.29, 1.82) is 0 Å². The lowest BCUT2D eigenvalue weighted by atomic mass is 10.0. The van der Waals surface area contributed by atoms with Gasteiger partial charge in [-0.25, -0.2) is 9.97 Å². The summed E-state index contributed by atoms with van der Waals surface area (Å²) < 4.78 is 43.4. The molecule has 0 spiro atoms. The Bertz CT molecular complexity index is 1070. The van der Waals surface area contributed by atoms with E-state index in [1.165, 1.54) is 17.2 Å². The van der Waals surface area contributed by atoms with Gasteiger partial charge >= 0.3 is 12.2 Å². The van der Waals surface area contributed by atoms with Crippen LogP contribution in [0, 0.1) is 13.8 Å². The largest absolute Gasteiger partial charge is 0.461 e. The van der Waals surface area contributed by atoms with Gasteiger partial charge in [0.05, 0.1) is 35.2 Å². The first-order chi connectivity index (χ1) is 15.1. The Kier molecular flexibility index (Phi) is 6.75. The number of amides is 1. The lowest BCUT2D eigenvalue weighted by Crippen LogP contribution is -2.42. The van der Waals surface area contributed by atoms with Gasteiger partial charge < -0.3 is 9.64 Å². The van der Waals surface area contributed by atoms with Gasteiger partial charge in [0.25, 0.3) is 5.91 Å². The maximum Gasteiger partial charge on any atom is 0.419 e. The third-order valence-corrected chi connectivity index (χ3v) is 5.02. The Morgan fingerprint density at radius 3 is 2.28 bits per heavy atom. The number of likely N-dealkylation sites (N-methyl/N-ethyl adjacent to an activating group) is 1. The molecule has 0 unspecified atom stereocenters. The average Bonchev–Trinajstić information content (AvgIpc) is 3.28. The molecule has 0 aliphatic rings. The van der Waals surface area contributed by atoms with Gasteiger partial charge in [0.2, 0.25) is 0 Å². The Labute approximate surface area is 183 Å². The topological polar surface area (TPSA) is 86.0 Å². The number of carbonyl (C=O) groups excluding carboxylic acids is 1. The number of halogens is 3. The first kappa shape index (κ1) is 23.2. The molecule has 0 saturated carbocycles. The number of hydrogen-bond donors (Lipinski definition) is 0. The standard InChI is InChI=1S/C21H23F3N6O2/c1-5-29(15(4)12-32-20-25-10-16(11-26-20)21(22,23)24)19(31)17-8-13(2)14(3)9-18(17)30-27-6-7-28-30/h6-11,15H,5,12H2,1-4H3/t15-/m0/s1. The maximum atomic E-state index is 13.4. The van der Waals surface area contributed by atoms with E-state index in [9.17, 15) is 18.0 Å². The SMILES string of the molecule is CCN(C(=O)c1cc(C)c(C)cc1-n1nccn1)[C@@H](C)COc1ncc(C(F)(F)F)cn1. The van der Waals surface area contributed by atoms with Gasteiger partial charge in [0, 0.05) is 18.9 Å². The van der Waals surface area contributed by atoms with Crippen LogP contribution in [-0.2, 0) is 6.18 Å². The molecular weight excluding hydrogens is 425 g/mol. The molecule has 0 aliphatic heterocycles. The van der Waals surface area contributed by atoms with Gasteiger partial charge in [-0.05, 0) is 51.0 Å². The van der Waals surface area contributed by atoms with Gasteiger partial charge in [-0.2, -0.15) is 28.2 Å². The number of nitrogens with zero attached hydrogens (tertiary/aromatic N) is 6. The predicted octanol–water partition coefficient (Wildman–Crippen LogP) is 3.62. The van der Waals surface area contributed by atoms with Crippen molar-refractivity contribution >= 4 is 5.91 Å². The summed E-state index contributed by atoms with van der Waals surface area (Å²) in [6.45, 7) is 7.85. The smallest absolute Gasteiger partial charge is 0.419 e. The Morgan fingerprint density at radius 2 is 1.72 bits per heavy atom. The number of aryl methyl sites for hydroxylation is 2. The maximum absolute atomic E-state index is 13.4. The van der Waals surface area contributed by atoms with E-state index in [0.29, 0.717) is 30.2 Å². The van der Waals surface area contributed by atoms with E-state index >= 15 is 0 Å². The molecule has 32 heavy (non-hydrogen) atoms. The predicted molar refractivity (Wildman–Crippen MR) is 110 cm³/mol. The highest BCUT2D eigenvalue weighted by Crippen LogP contribution is 2.28. The molecule has 11 heteroatoms. The summed E-state index contributed by atoms with van der Waals surface area (Å²) in [7, 11) is 0. The van der Waals surface area contributed by atoms with Crippen LogP contribution in [0.5, 0.6) is 6.01 Å². The highest BCUT2D eigenvalue weighted by atomic mass is 19.4. The van der Waals surface area contributed by atoms with Crippen molar-refractivity contribution in [2.45, 2.75) is 39.9 Å². The third kappa shape index (κ3) is 5.04. The number of benzene rings is 1. The number of alkyl halides is 3. The molecule has 0 bridgehead atoms. The van der Waals surface area contributed by atoms with Crippen molar-refractivity contribution < 1.29 is 22.7 Å². The van der Waals surface area contributed by atoms with Crippen molar-refractivity contribution in [3.05, 3.63) is 59.2 Å². The van der Waals surface area contributed by atoms with E-state index in [2.05, 4.69) is 20.2 Å². The van der Waals surface area contributed by atoms with Crippen LogP contribution in [0.15, 0.2) is 36.9 Å². The minimum atomic E-state index is -4.52. The summed E-state index contributed by atoms with van der Waals surface area (Å²) >= 11 is 0. The molecular formula is C21H23F3N6O2. The zero-order chi connectivity index (χ0) is 23.5. The minimum Gasteiger partial charge on any atom is -0.461 e. The van der Waals surface area contributed by atoms with E-state index < -0.39 is 17.8 Å². The van der Waals surface area contributed by atoms with E-state index in [4.69, 9.17) is 4.74 Å². The lowest BCUT2D eigenvalue weighted by molar-refractivity contribution is -0.138. The van der Waals surface area contributed by atoms with Crippen molar-refractivity contribution in [1.82, 2.24) is 29.9 Å². The first-order valence-electron chi connectivity index (χ1n) is 9.92. The minimum absolute atomic E-state index is 0.00510. The van der Waals surface area contributed by atoms with Crippen LogP contribution in [0.3, 0.4) is 0 Å². The third-order valence-electron chi connectivity index (χ3n) is 5.02. The monoisotopic (exact) mass is 448 g/mol. The Balaban J connectivity index is 1.78. The van der Waals surface area contributed by atoms with E-state index in [0.717, 1.165) is 11.1 Å². The van der Waals surface area contributed by atoms with Gasteiger partial charge in [0.15, 0.2) is 0 Å². The molecule has 1 amide bonds. The summed E-state index contributed by atoms with van der Waals surface area (Å²) in [6.07, 6.45) is -0.143. The van der Waals surface area contributed by atoms with Crippen molar-refractivity contribution in [2.75, 3.05) is 13.2 Å². The fourth-order valence-corrected chi connectivity index (χ4v) is 3.11. The van der Waals surface area contributed by atoms with E-state index in [-0.39, 0.29) is 18.5 Å². The second kappa shape index (κ2) is 9.33. The van der Waals surface area contributed by atoms with Crippen LogP contribution >= 0.6 is 0 Å². The number of rotatable bonds is 7. The molecule has 3 aromatic rings. The highest BCUT2D eigenvalue weighted by molar-refractivity contribution is 5.98. The Morgan fingerprint density at radius 1 is 1.12 bits per heavy atom. The Hall–Kier alpha value is -3.50. The van der Waals surface area contributed by atoms with Gasteiger partial charge in [-0.1, -0.05) is 0 Å². The normalized spacial score (nSPS) is 12.5. The summed E-state index contributed by atoms with van der Waals surface area (Å²) in [4.78, 5) is 23.6. The second-order valence-electron chi connectivity index (χ2n) is 7.28. The van der Waals surface area contributed by atoms with Gasteiger partial charge in [-0.15, -0.1) is 0 Å². The van der Waals surface area contributed by atoms with Crippen LogP contribution in [0.2, 0.25) is 0 Å².